The van der Waals surface area contributed by atoms with Crippen LogP contribution in [0.15, 0.2) is 46.7 Å². The number of carbonyl (C=O) groups is 1. The standard InChI is InChI=1S/C25H28F2N4O2S2/c1-16-22(35-28-12-11-25(2,3)33)34-23(29-16)31-14-4-13-30(24(31)32)19-8-5-17(6-9-19)20-15-18(26)7-10-21(20)27/h5-10,15,28,33H,4,11-14H2,1-3H3. The van der Waals surface area contributed by atoms with Crippen molar-refractivity contribution in [3.05, 3.63) is 59.8 Å². The molecule has 0 aliphatic carbocycles. The number of anilines is 2. The minimum Gasteiger partial charge on any atom is -0.390 e. The average molecular weight is 519 g/mol. The summed E-state index contributed by atoms with van der Waals surface area (Å²) in [6.07, 6.45) is 1.39. The van der Waals surface area contributed by atoms with Crippen LogP contribution in [0.1, 0.15) is 32.4 Å². The lowest BCUT2D eigenvalue weighted by molar-refractivity contribution is 0.0729. The highest BCUT2D eigenvalue weighted by Gasteiger charge is 2.30. The van der Waals surface area contributed by atoms with Crippen molar-refractivity contribution in [1.29, 1.82) is 0 Å². The van der Waals surface area contributed by atoms with Crippen LogP contribution in [0.2, 0.25) is 0 Å². The van der Waals surface area contributed by atoms with Gasteiger partial charge >= 0.3 is 6.03 Å². The molecule has 2 amide bonds. The van der Waals surface area contributed by atoms with Crippen molar-refractivity contribution >= 4 is 40.1 Å². The van der Waals surface area contributed by atoms with Gasteiger partial charge in [-0.15, -0.1) is 0 Å². The van der Waals surface area contributed by atoms with Crippen LogP contribution in [-0.2, 0) is 0 Å². The predicted molar refractivity (Wildman–Crippen MR) is 138 cm³/mol. The van der Waals surface area contributed by atoms with Gasteiger partial charge in [0.25, 0.3) is 0 Å². The highest BCUT2D eigenvalue weighted by molar-refractivity contribution is 7.99. The van der Waals surface area contributed by atoms with E-state index in [4.69, 9.17) is 0 Å². The van der Waals surface area contributed by atoms with Crippen LogP contribution >= 0.6 is 23.3 Å². The van der Waals surface area contributed by atoms with E-state index in [2.05, 4.69) is 9.71 Å². The fourth-order valence-corrected chi connectivity index (χ4v) is 5.65. The van der Waals surface area contributed by atoms with Gasteiger partial charge in [-0.05, 0) is 81.5 Å². The summed E-state index contributed by atoms with van der Waals surface area (Å²) in [7, 11) is 0. The molecule has 6 nitrogen and oxygen atoms in total. The van der Waals surface area contributed by atoms with Gasteiger partial charge in [0.1, 0.15) is 15.8 Å². The molecular formula is C25H28F2N4O2S2. The van der Waals surface area contributed by atoms with Gasteiger partial charge in [-0.1, -0.05) is 23.5 Å². The number of nitrogens with one attached hydrogen (secondary N) is 1. The number of thiazole rings is 1. The van der Waals surface area contributed by atoms with Crippen molar-refractivity contribution in [1.82, 2.24) is 9.71 Å². The number of urea groups is 1. The van der Waals surface area contributed by atoms with Gasteiger partial charge in [-0.3, -0.25) is 14.5 Å². The normalized spacial score (nSPS) is 14.6. The number of aryl methyl sites for hydroxylation is 1. The minimum absolute atomic E-state index is 0.166. The summed E-state index contributed by atoms with van der Waals surface area (Å²) in [5, 5.41) is 10.5. The van der Waals surface area contributed by atoms with Crippen LogP contribution in [0, 0.1) is 18.6 Å². The first-order chi connectivity index (χ1) is 16.6. The molecular weight excluding hydrogens is 490 g/mol. The molecule has 35 heavy (non-hydrogen) atoms. The summed E-state index contributed by atoms with van der Waals surface area (Å²) >= 11 is 2.91. The van der Waals surface area contributed by atoms with Crippen LogP contribution in [0.3, 0.4) is 0 Å². The quantitative estimate of drug-likeness (QED) is 0.283. The maximum atomic E-state index is 14.1. The molecule has 2 heterocycles. The van der Waals surface area contributed by atoms with Crippen molar-refractivity contribution in [3.8, 4) is 11.1 Å². The Morgan fingerprint density at radius 3 is 2.57 bits per heavy atom. The summed E-state index contributed by atoms with van der Waals surface area (Å²) in [6.45, 7) is 7.24. The molecule has 4 rings (SSSR count). The Hall–Kier alpha value is -2.53. The average Bonchev–Trinajstić information content (AvgIpc) is 3.18. The molecule has 0 radical (unpaired) electrons. The van der Waals surface area contributed by atoms with E-state index in [9.17, 15) is 18.7 Å². The SMILES string of the molecule is Cc1nc(N2CCCN(c3ccc(-c4cc(F)ccc4F)cc3)C2=O)sc1SNCCC(C)(C)O. The maximum Gasteiger partial charge on any atom is 0.330 e. The summed E-state index contributed by atoms with van der Waals surface area (Å²) in [5.74, 6) is -1.00. The number of hydrogen-bond donors (Lipinski definition) is 2. The molecule has 0 unspecified atom stereocenters. The number of benzene rings is 2. The third kappa shape index (κ3) is 6.19. The summed E-state index contributed by atoms with van der Waals surface area (Å²) in [5.41, 5.74) is 1.53. The molecule has 0 atom stereocenters. The number of aromatic nitrogens is 1. The lowest BCUT2D eigenvalue weighted by Crippen LogP contribution is -2.49. The fourth-order valence-electron chi connectivity index (χ4n) is 3.73. The van der Waals surface area contributed by atoms with Crippen LogP contribution in [0.5, 0.6) is 0 Å². The van der Waals surface area contributed by atoms with Crippen LogP contribution in [0.25, 0.3) is 11.1 Å². The Kier molecular flexibility index (Phi) is 7.75. The van der Waals surface area contributed by atoms with E-state index in [1.54, 1.807) is 47.9 Å². The van der Waals surface area contributed by atoms with E-state index >= 15 is 0 Å². The topological polar surface area (TPSA) is 68.7 Å². The lowest BCUT2D eigenvalue weighted by Gasteiger charge is -2.34. The monoisotopic (exact) mass is 518 g/mol. The molecule has 1 saturated heterocycles. The number of halogens is 2. The second kappa shape index (κ2) is 10.6. The van der Waals surface area contributed by atoms with Gasteiger partial charge in [0.05, 0.1) is 11.3 Å². The molecule has 3 aromatic rings. The molecule has 10 heteroatoms. The number of amides is 2. The zero-order valence-corrected chi connectivity index (χ0v) is 21.5. The zero-order chi connectivity index (χ0) is 25.2. The fraction of sp³-hybridized carbons (Fsp3) is 0.360. The smallest absolute Gasteiger partial charge is 0.330 e. The van der Waals surface area contributed by atoms with Gasteiger partial charge in [-0.2, -0.15) is 0 Å². The number of aliphatic hydroxyl groups is 1. The molecule has 0 bridgehead atoms. The van der Waals surface area contributed by atoms with E-state index in [0.717, 1.165) is 34.5 Å². The number of hydrogen-bond acceptors (Lipinski definition) is 6. The number of nitrogens with zero attached hydrogens (tertiary/aromatic N) is 3. The van der Waals surface area contributed by atoms with E-state index in [1.165, 1.54) is 23.3 Å². The van der Waals surface area contributed by atoms with Gasteiger partial charge < -0.3 is 5.11 Å². The largest absolute Gasteiger partial charge is 0.390 e. The summed E-state index contributed by atoms with van der Waals surface area (Å²) in [4.78, 5) is 21.3. The van der Waals surface area contributed by atoms with Crippen molar-refractivity contribution in [2.75, 3.05) is 29.4 Å². The van der Waals surface area contributed by atoms with Crippen molar-refractivity contribution in [3.63, 3.8) is 0 Å². The van der Waals surface area contributed by atoms with Crippen LogP contribution in [-0.4, -0.2) is 41.4 Å². The maximum absolute atomic E-state index is 14.1. The molecule has 2 N–H and O–H groups in total. The zero-order valence-electron chi connectivity index (χ0n) is 19.8. The van der Waals surface area contributed by atoms with Gasteiger partial charge in [0.2, 0.25) is 0 Å². The van der Waals surface area contributed by atoms with Crippen LogP contribution in [0.4, 0.5) is 24.4 Å². The molecule has 186 valence electrons. The number of rotatable bonds is 8. The molecule has 0 saturated carbocycles. The number of carbonyl (C=O) groups excluding carboxylic acids is 1. The van der Waals surface area contributed by atoms with E-state index in [-0.39, 0.29) is 11.6 Å². The first-order valence-electron chi connectivity index (χ1n) is 11.4. The van der Waals surface area contributed by atoms with Gasteiger partial charge in [0, 0.05) is 30.9 Å². The second-order valence-corrected chi connectivity index (χ2v) is 11.2. The Morgan fingerprint density at radius 1 is 1.14 bits per heavy atom. The predicted octanol–water partition coefficient (Wildman–Crippen LogP) is 5.99. The van der Waals surface area contributed by atoms with Gasteiger partial charge in [-0.25, -0.2) is 18.6 Å². The Balaban J connectivity index is 1.46. The first-order valence-corrected chi connectivity index (χ1v) is 13.0. The third-order valence-corrected chi connectivity index (χ3v) is 7.93. The van der Waals surface area contributed by atoms with E-state index in [0.29, 0.717) is 42.4 Å². The Bertz CT molecular complexity index is 1200. The summed E-state index contributed by atoms with van der Waals surface area (Å²) < 4.78 is 31.9. The van der Waals surface area contributed by atoms with Crippen LogP contribution < -0.4 is 14.5 Å². The molecule has 0 spiro atoms. The van der Waals surface area contributed by atoms with Gasteiger partial charge in [0.15, 0.2) is 5.13 Å². The third-order valence-electron chi connectivity index (χ3n) is 5.62. The summed E-state index contributed by atoms with van der Waals surface area (Å²) in [6, 6.07) is 10.1. The van der Waals surface area contributed by atoms with E-state index < -0.39 is 17.2 Å². The minimum atomic E-state index is -0.727. The van der Waals surface area contributed by atoms with Crippen molar-refractivity contribution in [2.24, 2.45) is 0 Å². The lowest BCUT2D eigenvalue weighted by atomic mass is 10.0. The highest BCUT2D eigenvalue weighted by atomic mass is 32.2. The highest BCUT2D eigenvalue weighted by Crippen LogP contribution is 2.35. The molecule has 1 aromatic heterocycles. The van der Waals surface area contributed by atoms with E-state index in [1.807, 2.05) is 6.92 Å². The van der Waals surface area contributed by atoms with Crippen molar-refractivity contribution < 1.29 is 18.7 Å². The second-order valence-electron chi connectivity index (χ2n) is 9.04. The molecule has 1 fully saturated rings. The molecule has 1 aliphatic rings. The molecule has 1 aliphatic heterocycles. The Labute approximate surface area is 212 Å². The first kappa shape index (κ1) is 25.6. The Morgan fingerprint density at radius 2 is 1.86 bits per heavy atom. The molecule has 2 aromatic carbocycles. The van der Waals surface area contributed by atoms with Crippen molar-refractivity contribution in [2.45, 2.75) is 43.4 Å².